The summed E-state index contributed by atoms with van der Waals surface area (Å²) in [6.45, 7) is 4.63. The van der Waals surface area contributed by atoms with E-state index in [1.165, 1.54) is 24.0 Å². The predicted octanol–water partition coefficient (Wildman–Crippen LogP) is 3.19. The first-order chi connectivity index (χ1) is 10.2. The third kappa shape index (κ3) is 3.65. The minimum Gasteiger partial charge on any atom is -0.395 e. The summed E-state index contributed by atoms with van der Waals surface area (Å²) in [4.78, 5) is 14.6. The van der Waals surface area contributed by atoms with Crippen LogP contribution in [0.5, 0.6) is 0 Å². The van der Waals surface area contributed by atoms with Crippen LogP contribution in [-0.2, 0) is 12.8 Å². The Bertz CT molecular complexity index is 480. The van der Waals surface area contributed by atoms with Crippen molar-refractivity contribution in [3.05, 3.63) is 34.9 Å². The first-order valence-corrected chi connectivity index (χ1v) is 8.24. The van der Waals surface area contributed by atoms with Crippen LogP contribution in [0.1, 0.15) is 61.0 Å². The highest BCUT2D eigenvalue weighted by molar-refractivity contribution is 5.94. The van der Waals surface area contributed by atoms with E-state index in [2.05, 4.69) is 26.0 Å². The number of amides is 1. The standard InChI is InChI=1S/C18H27NO2/c1-3-17(4-2)19(11-12-20)18(21)16-10-9-14-7-5-6-8-15(14)13-16/h9-10,13,17,20H,3-8,11-12H2,1-2H3. The first kappa shape index (κ1) is 16.0. The average molecular weight is 289 g/mol. The molecule has 21 heavy (non-hydrogen) atoms. The number of hydrogen-bond acceptors (Lipinski definition) is 2. The number of nitrogens with zero attached hydrogens (tertiary/aromatic N) is 1. The molecule has 0 aromatic heterocycles. The van der Waals surface area contributed by atoms with Crippen LogP contribution < -0.4 is 0 Å². The van der Waals surface area contributed by atoms with Gasteiger partial charge in [-0.3, -0.25) is 4.79 Å². The molecule has 0 fully saturated rings. The van der Waals surface area contributed by atoms with Crippen LogP contribution in [-0.4, -0.2) is 35.1 Å². The van der Waals surface area contributed by atoms with Crippen molar-refractivity contribution in [2.75, 3.05) is 13.2 Å². The summed E-state index contributed by atoms with van der Waals surface area (Å²) in [7, 11) is 0. The quantitative estimate of drug-likeness (QED) is 0.873. The van der Waals surface area contributed by atoms with Gasteiger partial charge in [-0.1, -0.05) is 19.9 Å². The van der Waals surface area contributed by atoms with E-state index in [1.54, 1.807) is 0 Å². The highest BCUT2D eigenvalue weighted by Crippen LogP contribution is 2.23. The fourth-order valence-corrected chi connectivity index (χ4v) is 3.32. The van der Waals surface area contributed by atoms with Gasteiger partial charge in [0.25, 0.3) is 5.91 Å². The van der Waals surface area contributed by atoms with Crippen molar-refractivity contribution >= 4 is 5.91 Å². The van der Waals surface area contributed by atoms with Crippen molar-refractivity contribution in [2.24, 2.45) is 0 Å². The van der Waals surface area contributed by atoms with E-state index < -0.39 is 0 Å². The van der Waals surface area contributed by atoms with E-state index in [-0.39, 0.29) is 18.6 Å². The van der Waals surface area contributed by atoms with E-state index in [4.69, 9.17) is 0 Å². The summed E-state index contributed by atoms with van der Waals surface area (Å²) in [5.41, 5.74) is 3.51. The van der Waals surface area contributed by atoms with Crippen LogP contribution in [0.3, 0.4) is 0 Å². The molecule has 3 nitrogen and oxygen atoms in total. The third-order valence-electron chi connectivity index (χ3n) is 4.58. The van der Waals surface area contributed by atoms with Crippen LogP contribution in [0.2, 0.25) is 0 Å². The zero-order valence-electron chi connectivity index (χ0n) is 13.3. The molecule has 0 spiro atoms. The Kier molecular flexibility index (Phi) is 5.80. The second-order valence-corrected chi connectivity index (χ2v) is 5.88. The number of fused-ring (bicyclic) bond motifs is 1. The largest absolute Gasteiger partial charge is 0.395 e. The molecule has 0 atom stereocenters. The van der Waals surface area contributed by atoms with Gasteiger partial charge in [0.2, 0.25) is 0 Å². The summed E-state index contributed by atoms with van der Waals surface area (Å²) < 4.78 is 0. The monoisotopic (exact) mass is 289 g/mol. The van der Waals surface area contributed by atoms with Crippen LogP contribution in [0.4, 0.5) is 0 Å². The molecule has 0 heterocycles. The van der Waals surface area contributed by atoms with Crippen LogP contribution in [0.15, 0.2) is 18.2 Å². The molecule has 2 rings (SSSR count). The Morgan fingerprint density at radius 1 is 1.19 bits per heavy atom. The summed E-state index contributed by atoms with van der Waals surface area (Å²) in [5, 5.41) is 9.27. The zero-order chi connectivity index (χ0) is 15.2. The maximum atomic E-state index is 12.8. The first-order valence-electron chi connectivity index (χ1n) is 8.24. The van der Waals surface area contributed by atoms with Gasteiger partial charge in [-0.05, 0) is 61.8 Å². The maximum absolute atomic E-state index is 12.8. The van der Waals surface area contributed by atoms with Gasteiger partial charge < -0.3 is 10.0 Å². The second kappa shape index (κ2) is 7.60. The maximum Gasteiger partial charge on any atom is 0.254 e. The van der Waals surface area contributed by atoms with E-state index in [1.807, 2.05) is 11.0 Å². The second-order valence-electron chi connectivity index (χ2n) is 5.88. The van der Waals surface area contributed by atoms with E-state index in [9.17, 15) is 9.90 Å². The number of aryl methyl sites for hydroxylation is 2. The molecule has 0 radical (unpaired) electrons. The number of carbonyl (C=O) groups excluding carboxylic acids is 1. The lowest BCUT2D eigenvalue weighted by Crippen LogP contribution is -2.41. The minimum absolute atomic E-state index is 0.0210. The Morgan fingerprint density at radius 3 is 2.48 bits per heavy atom. The highest BCUT2D eigenvalue weighted by Gasteiger charge is 2.22. The SMILES string of the molecule is CCC(CC)N(CCO)C(=O)c1ccc2c(c1)CCCC2. The Balaban J connectivity index is 2.23. The number of aliphatic hydroxyl groups is 1. The fraction of sp³-hybridized carbons (Fsp3) is 0.611. The molecule has 1 aliphatic rings. The van der Waals surface area contributed by atoms with Gasteiger partial charge in [-0.15, -0.1) is 0 Å². The molecule has 1 aromatic carbocycles. The van der Waals surface area contributed by atoms with Gasteiger partial charge in [-0.25, -0.2) is 0 Å². The lowest BCUT2D eigenvalue weighted by Gasteiger charge is -2.30. The molecule has 3 heteroatoms. The topological polar surface area (TPSA) is 40.5 Å². The highest BCUT2D eigenvalue weighted by atomic mass is 16.3. The molecule has 0 saturated heterocycles. The third-order valence-corrected chi connectivity index (χ3v) is 4.58. The molecule has 0 bridgehead atoms. The van der Waals surface area contributed by atoms with Crippen LogP contribution in [0, 0.1) is 0 Å². The molecule has 0 saturated carbocycles. The fourth-order valence-electron chi connectivity index (χ4n) is 3.32. The van der Waals surface area contributed by atoms with Gasteiger partial charge in [0.05, 0.1) is 6.61 Å². The van der Waals surface area contributed by atoms with Gasteiger partial charge in [0, 0.05) is 18.2 Å². The van der Waals surface area contributed by atoms with E-state index >= 15 is 0 Å². The predicted molar refractivity (Wildman–Crippen MR) is 85.6 cm³/mol. The van der Waals surface area contributed by atoms with Crippen molar-refractivity contribution < 1.29 is 9.90 Å². The van der Waals surface area contributed by atoms with Crippen molar-refractivity contribution in [3.63, 3.8) is 0 Å². The average Bonchev–Trinajstić information content (AvgIpc) is 2.54. The lowest BCUT2D eigenvalue weighted by atomic mass is 9.90. The number of carbonyl (C=O) groups is 1. The van der Waals surface area contributed by atoms with Gasteiger partial charge >= 0.3 is 0 Å². The van der Waals surface area contributed by atoms with E-state index in [0.717, 1.165) is 31.2 Å². The van der Waals surface area contributed by atoms with Crippen molar-refractivity contribution in [3.8, 4) is 0 Å². The summed E-state index contributed by atoms with van der Waals surface area (Å²) in [5.74, 6) is 0.0612. The smallest absolute Gasteiger partial charge is 0.254 e. The summed E-state index contributed by atoms with van der Waals surface area (Å²) >= 11 is 0. The number of aliphatic hydroxyl groups excluding tert-OH is 1. The number of rotatable bonds is 6. The molecule has 1 amide bonds. The zero-order valence-corrected chi connectivity index (χ0v) is 13.3. The molecular formula is C18H27NO2. The van der Waals surface area contributed by atoms with Crippen molar-refractivity contribution in [2.45, 2.75) is 58.4 Å². The summed E-state index contributed by atoms with van der Waals surface area (Å²) in [6.07, 6.45) is 6.54. The van der Waals surface area contributed by atoms with Gasteiger partial charge in [0.15, 0.2) is 0 Å². The van der Waals surface area contributed by atoms with Gasteiger partial charge in [0.1, 0.15) is 0 Å². The molecule has 1 aromatic rings. The van der Waals surface area contributed by atoms with Gasteiger partial charge in [-0.2, -0.15) is 0 Å². The molecule has 1 aliphatic carbocycles. The van der Waals surface area contributed by atoms with Crippen molar-refractivity contribution in [1.82, 2.24) is 4.90 Å². The Morgan fingerprint density at radius 2 is 1.86 bits per heavy atom. The normalized spacial score (nSPS) is 14.1. The Labute approximate surface area is 128 Å². The molecule has 1 N–H and O–H groups in total. The lowest BCUT2D eigenvalue weighted by molar-refractivity contribution is 0.0622. The number of hydrogen-bond donors (Lipinski definition) is 1. The van der Waals surface area contributed by atoms with E-state index in [0.29, 0.717) is 6.54 Å². The Hall–Kier alpha value is -1.35. The number of benzene rings is 1. The molecule has 116 valence electrons. The van der Waals surface area contributed by atoms with Crippen LogP contribution in [0.25, 0.3) is 0 Å². The molecular weight excluding hydrogens is 262 g/mol. The molecule has 0 unspecified atom stereocenters. The van der Waals surface area contributed by atoms with Crippen molar-refractivity contribution in [1.29, 1.82) is 0 Å². The van der Waals surface area contributed by atoms with Crippen LogP contribution >= 0.6 is 0 Å². The minimum atomic E-state index is 0.0210. The molecule has 0 aliphatic heterocycles. The summed E-state index contributed by atoms with van der Waals surface area (Å²) in [6, 6.07) is 6.36.